The van der Waals surface area contributed by atoms with Crippen molar-refractivity contribution in [1.82, 2.24) is 15.0 Å². The molecular weight excluding hydrogens is 373 g/mol. The number of pyridine rings is 1. The van der Waals surface area contributed by atoms with Crippen LogP contribution in [0.2, 0.25) is 15.1 Å². The van der Waals surface area contributed by atoms with Crippen molar-refractivity contribution in [2.24, 2.45) is 0 Å². The van der Waals surface area contributed by atoms with Crippen molar-refractivity contribution in [3.63, 3.8) is 0 Å². The van der Waals surface area contributed by atoms with Crippen molar-refractivity contribution in [2.75, 3.05) is 11.9 Å². The second-order valence-electron chi connectivity index (χ2n) is 4.47. The molecule has 0 amide bonds. The highest BCUT2D eigenvalue weighted by atomic mass is 35.5. The Morgan fingerprint density at radius 2 is 1.96 bits per heavy atom. The van der Waals surface area contributed by atoms with E-state index in [1.165, 1.54) is 12.3 Å². The number of nitrogens with one attached hydrogen (secondary N) is 1. The average Bonchev–Trinajstić information content (AvgIpc) is 2.49. The molecular formula is C13H11Cl3F2N4O. The molecule has 0 fully saturated rings. The summed E-state index contributed by atoms with van der Waals surface area (Å²) >= 11 is 17.5. The fourth-order valence-electron chi connectivity index (χ4n) is 1.62. The molecule has 0 aromatic carbocycles. The van der Waals surface area contributed by atoms with Gasteiger partial charge in [-0.2, -0.15) is 0 Å². The van der Waals surface area contributed by atoms with Gasteiger partial charge in [-0.1, -0.05) is 34.8 Å². The van der Waals surface area contributed by atoms with Gasteiger partial charge in [0.1, 0.15) is 34.0 Å². The summed E-state index contributed by atoms with van der Waals surface area (Å²) in [7, 11) is 0. The van der Waals surface area contributed by atoms with Crippen molar-refractivity contribution < 1.29 is 13.5 Å². The predicted molar refractivity (Wildman–Crippen MR) is 84.8 cm³/mol. The van der Waals surface area contributed by atoms with Crippen LogP contribution in [0.5, 0.6) is 5.88 Å². The lowest BCUT2D eigenvalue weighted by Crippen LogP contribution is -2.24. The Balaban J connectivity index is 1.99. The van der Waals surface area contributed by atoms with E-state index in [-0.39, 0.29) is 34.4 Å². The Bertz CT molecular complexity index is 690. The number of anilines is 1. The molecule has 2 aromatic rings. The van der Waals surface area contributed by atoms with Crippen LogP contribution in [0.3, 0.4) is 0 Å². The lowest BCUT2D eigenvalue weighted by Gasteiger charge is -2.16. The molecule has 2 heterocycles. The largest absolute Gasteiger partial charge is 0.472 e. The van der Waals surface area contributed by atoms with E-state index in [1.807, 2.05) is 0 Å². The predicted octanol–water partition coefficient (Wildman–Crippen LogP) is 4.65. The first-order valence-electron chi connectivity index (χ1n) is 6.38. The van der Waals surface area contributed by atoms with Gasteiger partial charge in [0, 0.05) is 6.20 Å². The van der Waals surface area contributed by atoms with E-state index in [0.29, 0.717) is 5.02 Å². The number of halogens is 5. The third-order valence-corrected chi connectivity index (χ3v) is 3.52. The summed E-state index contributed by atoms with van der Waals surface area (Å²) in [5.74, 6) is 0.315. The van der Waals surface area contributed by atoms with Crippen molar-refractivity contribution in [2.45, 2.75) is 19.5 Å². The number of hydrogen-bond acceptors (Lipinski definition) is 5. The van der Waals surface area contributed by atoms with Crippen LogP contribution in [0.25, 0.3) is 0 Å². The Hall–Kier alpha value is -1.44. The summed E-state index contributed by atoms with van der Waals surface area (Å²) in [6, 6.07) is 1.50. The van der Waals surface area contributed by atoms with Crippen molar-refractivity contribution in [3.8, 4) is 5.88 Å². The van der Waals surface area contributed by atoms with Crippen molar-refractivity contribution in [3.05, 3.63) is 39.4 Å². The van der Waals surface area contributed by atoms with Gasteiger partial charge in [-0.25, -0.2) is 23.7 Å². The van der Waals surface area contributed by atoms with E-state index in [1.54, 1.807) is 6.92 Å². The molecule has 124 valence electrons. The summed E-state index contributed by atoms with van der Waals surface area (Å²) in [6.07, 6.45) is -0.753. The van der Waals surface area contributed by atoms with Crippen LogP contribution >= 0.6 is 34.8 Å². The summed E-state index contributed by atoms with van der Waals surface area (Å²) in [6.45, 7) is 1.97. The van der Waals surface area contributed by atoms with E-state index in [4.69, 9.17) is 39.5 Å². The van der Waals surface area contributed by atoms with Gasteiger partial charge in [-0.15, -0.1) is 0 Å². The fourth-order valence-corrected chi connectivity index (χ4v) is 2.29. The molecule has 23 heavy (non-hydrogen) atoms. The first-order valence-corrected chi connectivity index (χ1v) is 7.52. The molecule has 1 atom stereocenters. The van der Waals surface area contributed by atoms with Crippen LogP contribution in [-0.2, 0) is 0 Å². The van der Waals surface area contributed by atoms with Gasteiger partial charge in [0.15, 0.2) is 0 Å². The standard InChI is InChI=1S/C13H11Cl3F2N4O/c1-6(23-13-8(15)2-7(14)4-20-13)3-19-12-9(16)10(11(17)18)21-5-22-12/h2,4-6,11H,3H2,1H3,(H,19,21,22)/t6-/m0/s1. The lowest BCUT2D eigenvalue weighted by atomic mass is 10.3. The molecule has 0 saturated heterocycles. The smallest absolute Gasteiger partial charge is 0.282 e. The number of rotatable bonds is 6. The Labute approximate surface area is 146 Å². The maximum Gasteiger partial charge on any atom is 0.282 e. The van der Waals surface area contributed by atoms with Gasteiger partial charge >= 0.3 is 0 Å². The van der Waals surface area contributed by atoms with E-state index in [9.17, 15) is 8.78 Å². The van der Waals surface area contributed by atoms with E-state index in [0.717, 1.165) is 6.33 Å². The second kappa shape index (κ2) is 7.90. The van der Waals surface area contributed by atoms with Crippen LogP contribution in [0.4, 0.5) is 14.6 Å². The molecule has 0 bridgehead atoms. The van der Waals surface area contributed by atoms with Gasteiger partial charge in [0.25, 0.3) is 6.43 Å². The quantitative estimate of drug-likeness (QED) is 0.787. The first-order chi connectivity index (χ1) is 10.9. The maximum atomic E-state index is 12.7. The van der Waals surface area contributed by atoms with Gasteiger partial charge in [-0.3, -0.25) is 0 Å². The molecule has 0 spiro atoms. The summed E-state index contributed by atoms with van der Waals surface area (Å²) < 4.78 is 31.0. The molecule has 0 unspecified atom stereocenters. The molecule has 10 heteroatoms. The van der Waals surface area contributed by atoms with E-state index in [2.05, 4.69) is 20.3 Å². The molecule has 5 nitrogen and oxygen atoms in total. The zero-order valence-electron chi connectivity index (χ0n) is 11.7. The monoisotopic (exact) mass is 382 g/mol. The molecule has 0 radical (unpaired) electrons. The second-order valence-corrected chi connectivity index (χ2v) is 5.69. The average molecular weight is 384 g/mol. The van der Waals surface area contributed by atoms with E-state index >= 15 is 0 Å². The van der Waals surface area contributed by atoms with E-state index < -0.39 is 12.1 Å². The van der Waals surface area contributed by atoms with Gasteiger partial charge < -0.3 is 10.1 Å². The van der Waals surface area contributed by atoms with Crippen LogP contribution < -0.4 is 10.1 Å². The summed E-state index contributed by atoms with van der Waals surface area (Å²) in [4.78, 5) is 11.2. The van der Waals surface area contributed by atoms with Gasteiger partial charge in [0.2, 0.25) is 5.88 Å². The van der Waals surface area contributed by atoms with Gasteiger partial charge in [0.05, 0.1) is 11.6 Å². The van der Waals surface area contributed by atoms with Crippen LogP contribution in [0, 0.1) is 0 Å². The highest BCUT2D eigenvalue weighted by Gasteiger charge is 2.18. The third-order valence-electron chi connectivity index (χ3n) is 2.67. The van der Waals surface area contributed by atoms with Crippen LogP contribution in [0.15, 0.2) is 18.6 Å². The number of aromatic nitrogens is 3. The zero-order valence-corrected chi connectivity index (χ0v) is 14.0. The highest BCUT2D eigenvalue weighted by molar-refractivity contribution is 6.35. The maximum absolute atomic E-state index is 12.7. The number of hydrogen-bond donors (Lipinski definition) is 1. The van der Waals surface area contributed by atoms with Crippen LogP contribution in [-0.4, -0.2) is 27.6 Å². The minimum Gasteiger partial charge on any atom is -0.472 e. The van der Waals surface area contributed by atoms with Crippen LogP contribution in [0.1, 0.15) is 19.0 Å². The fraction of sp³-hybridized carbons (Fsp3) is 0.308. The minimum atomic E-state index is -2.78. The molecule has 0 aliphatic rings. The third kappa shape index (κ3) is 4.76. The number of alkyl halides is 2. The minimum absolute atomic E-state index is 0.0996. The number of nitrogens with zero attached hydrogens (tertiary/aromatic N) is 3. The van der Waals surface area contributed by atoms with Gasteiger partial charge in [-0.05, 0) is 13.0 Å². The lowest BCUT2D eigenvalue weighted by molar-refractivity contribution is 0.146. The SMILES string of the molecule is C[C@@H](CNc1ncnc(C(F)F)c1Cl)Oc1ncc(Cl)cc1Cl. The summed E-state index contributed by atoms with van der Waals surface area (Å²) in [5, 5.41) is 3.25. The van der Waals surface area contributed by atoms with Crippen molar-refractivity contribution in [1.29, 1.82) is 0 Å². The topological polar surface area (TPSA) is 59.9 Å². The molecule has 2 aromatic heterocycles. The number of ether oxygens (including phenoxy) is 1. The molecule has 0 saturated carbocycles. The summed E-state index contributed by atoms with van der Waals surface area (Å²) in [5.41, 5.74) is -0.528. The highest BCUT2D eigenvalue weighted by Crippen LogP contribution is 2.29. The molecule has 0 aliphatic heterocycles. The molecule has 0 aliphatic carbocycles. The first kappa shape index (κ1) is 17.9. The van der Waals surface area contributed by atoms with Crippen molar-refractivity contribution >= 4 is 40.6 Å². The Kier molecular flexibility index (Phi) is 6.15. The zero-order chi connectivity index (χ0) is 17.0. The Morgan fingerprint density at radius 3 is 2.61 bits per heavy atom. The normalized spacial score (nSPS) is 12.3. The molecule has 1 N–H and O–H groups in total. The Morgan fingerprint density at radius 1 is 1.22 bits per heavy atom. The molecule has 2 rings (SSSR count).